The number of ether oxygens (including phenoxy) is 4. The number of aromatic hydroxyl groups is 2. The fraction of sp³-hybridized carbons (Fsp3) is 0.793. The number of hydrogen-bond donors (Lipinski definition) is 5. The molecule has 14 aliphatic rings. The molecule has 11 heteroatoms. The number of fused-ring (bicyclic) bond motifs is 4. The normalized spacial score (nSPS) is 44.8. The lowest BCUT2D eigenvalue weighted by Crippen LogP contribution is -2.89. The molecule has 376 valence electrons. The molecule has 2 aromatic rings. The number of hydrogen-bond acceptors (Lipinski definition) is 11. The second kappa shape index (κ2) is 13.0. The van der Waals surface area contributed by atoms with Crippen LogP contribution in [0.25, 0.3) is 11.1 Å². The Morgan fingerprint density at radius 2 is 1.16 bits per heavy atom. The van der Waals surface area contributed by atoms with E-state index in [0.29, 0.717) is 41.4 Å². The zero-order chi connectivity index (χ0) is 48.4. The molecule has 8 bridgehead atoms. The van der Waals surface area contributed by atoms with Crippen LogP contribution < -0.4 is 9.47 Å². The highest BCUT2D eigenvalue weighted by Gasteiger charge is 2.87. The van der Waals surface area contributed by atoms with Crippen LogP contribution in [0.4, 0.5) is 0 Å². The average Bonchev–Trinajstić information content (AvgIpc) is 4.22. The summed E-state index contributed by atoms with van der Waals surface area (Å²) in [5.74, 6) is 2.26. The third-order valence-corrected chi connectivity index (χ3v) is 24.4. The first-order valence-electron chi connectivity index (χ1n) is 27.3. The van der Waals surface area contributed by atoms with Crippen LogP contribution in [0.3, 0.4) is 0 Å². The molecule has 2 aromatic carbocycles. The minimum atomic E-state index is -1.66. The van der Waals surface area contributed by atoms with E-state index >= 15 is 0 Å². The van der Waals surface area contributed by atoms with Crippen molar-refractivity contribution in [1.82, 2.24) is 9.80 Å². The summed E-state index contributed by atoms with van der Waals surface area (Å²) in [6.07, 6.45) is 11.7. The van der Waals surface area contributed by atoms with Gasteiger partial charge in [-0.25, -0.2) is 0 Å². The van der Waals surface area contributed by atoms with E-state index < -0.39 is 67.3 Å². The van der Waals surface area contributed by atoms with Gasteiger partial charge in [-0.15, -0.1) is 0 Å². The molecular weight excluding hydrogens is 869 g/mol. The molecule has 10 aliphatic carbocycles. The molecule has 2 saturated heterocycles. The smallest absolute Gasteiger partial charge is 0.166 e. The summed E-state index contributed by atoms with van der Waals surface area (Å²) in [6.45, 7) is 20.3. The van der Waals surface area contributed by atoms with Crippen LogP contribution in [0.15, 0.2) is 12.1 Å². The highest BCUT2D eigenvalue weighted by Crippen LogP contribution is 2.81. The van der Waals surface area contributed by atoms with E-state index in [9.17, 15) is 25.5 Å². The number of piperidine rings is 2. The van der Waals surface area contributed by atoms with Crippen molar-refractivity contribution in [3.05, 3.63) is 34.4 Å². The third kappa shape index (κ3) is 4.70. The third-order valence-electron chi connectivity index (χ3n) is 24.4. The van der Waals surface area contributed by atoms with Gasteiger partial charge in [0.05, 0.1) is 11.2 Å². The van der Waals surface area contributed by atoms with Crippen molar-refractivity contribution in [2.45, 2.75) is 208 Å². The van der Waals surface area contributed by atoms with Crippen molar-refractivity contribution < 1.29 is 44.5 Å². The average molecular weight is 949 g/mol. The van der Waals surface area contributed by atoms with E-state index in [0.717, 1.165) is 100 Å². The highest BCUT2D eigenvalue weighted by molar-refractivity contribution is 5.86. The Kier molecular flexibility index (Phi) is 8.47. The van der Waals surface area contributed by atoms with E-state index in [-0.39, 0.29) is 34.9 Å². The zero-order valence-electron chi connectivity index (χ0n) is 43.2. The van der Waals surface area contributed by atoms with Gasteiger partial charge in [0.2, 0.25) is 0 Å². The van der Waals surface area contributed by atoms with Gasteiger partial charge in [-0.2, -0.15) is 0 Å². The Labute approximate surface area is 409 Å². The van der Waals surface area contributed by atoms with Crippen molar-refractivity contribution in [2.24, 2.45) is 39.4 Å². The van der Waals surface area contributed by atoms with E-state index in [1.807, 2.05) is 34.8 Å². The lowest BCUT2D eigenvalue weighted by Gasteiger charge is -2.77. The first-order chi connectivity index (χ1) is 32.4. The van der Waals surface area contributed by atoms with E-state index in [1.165, 1.54) is 31.2 Å². The maximum absolute atomic E-state index is 13.6. The molecular formula is C58H80N2O9. The van der Waals surface area contributed by atoms with Crippen LogP contribution >= 0.6 is 0 Å². The second-order valence-electron chi connectivity index (χ2n) is 28.1. The summed E-state index contributed by atoms with van der Waals surface area (Å²) in [4.78, 5) is 5.54. The van der Waals surface area contributed by atoms with Crippen LogP contribution in [0.2, 0.25) is 0 Å². The summed E-state index contributed by atoms with van der Waals surface area (Å²) in [5.41, 5.74) is -3.33. The van der Waals surface area contributed by atoms with Gasteiger partial charge in [-0.3, -0.25) is 9.80 Å². The molecule has 5 N–H and O–H groups in total. The predicted octanol–water partition coefficient (Wildman–Crippen LogP) is 7.92. The summed E-state index contributed by atoms with van der Waals surface area (Å²) in [5, 5.41) is 65.6. The number of aliphatic hydroxyl groups is 3. The molecule has 14 atom stereocenters. The lowest BCUT2D eigenvalue weighted by molar-refractivity contribution is -0.376. The summed E-state index contributed by atoms with van der Waals surface area (Å²) >= 11 is 0. The molecule has 4 aliphatic heterocycles. The summed E-state index contributed by atoms with van der Waals surface area (Å²) < 4.78 is 28.6. The number of nitrogens with zero attached hydrogens (tertiary/aromatic N) is 2. The van der Waals surface area contributed by atoms with Gasteiger partial charge in [-0.05, 0) is 163 Å². The molecule has 4 heterocycles. The minimum absolute atomic E-state index is 0.0110. The number of benzene rings is 2. The molecule has 0 amide bonds. The van der Waals surface area contributed by atoms with E-state index in [4.69, 9.17) is 18.9 Å². The molecule has 4 spiro atoms. The van der Waals surface area contributed by atoms with Crippen molar-refractivity contribution >= 4 is 0 Å². The Bertz CT molecular complexity index is 2610. The van der Waals surface area contributed by atoms with Gasteiger partial charge in [0.15, 0.2) is 23.0 Å². The van der Waals surface area contributed by atoms with Gasteiger partial charge >= 0.3 is 0 Å². The Morgan fingerprint density at radius 3 is 1.65 bits per heavy atom. The van der Waals surface area contributed by atoms with Crippen LogP contribution in [-0.2, 0) is 33.1 Å². The Morgan fingerprint density at radius 1 is 0.652 bits per heavy atom. The monoisotopic (exact) mass is 949 g/mol. The molecule has 11 nitrogen and oxygen atoms in total. The number of rotatable bonds is 9. The number of likely N-dealkylation sites (tertiary alicyclic amines) is 2. The lowest BCUT2D eigenvalue weighted by atomic mass is 9.32. The first kappa shape index (κ1) is 45.0. The van der Waals surface area contributed by atoms with Gasteiger partial charge in [0, 0.05) is 89.2 Å². The number of phenols is 2. The van der Waals surface area contributed by atoms with Crippen molar-refractivity contribution in [3.63, 3.8) is 0 Å². The highest BCUT2D eigenvalue weighted by atomic mass is 16.6. The summed E-state index contributed by atoms with van der Waals surface area (Å²) in [7, 11) is 3.51. The van der Waals surface area contributed by atoms with Crippen LogP contribution in [-0.4, -0.2) is 128 Å². The SMILES string of the molecule is COC12CC[C@@]3(C[C@@H]1[C@](C)(O)C(C)(C)C)[C@H]1Cc4cc(-c5cc6c7c(c5O)O[C@H]5C8(OC)CC[C@@]9(C[C@]8(O)[C@](C)(O)C(C)(C)C)[C@@H](C6)N(CC6CC6)CC[C@]759)c(O)c5c4[C@@]3(CCN1CC1CC1)[C@H]2O5. The van der Waals surface area contributed by atoms with Gasteiger partial charge in [0.25, 0.3) is 0 Å². The van der Waals surface area contributed by atoms with Gasteiger partial charge in [-0.1, -0.05) is 41.5 Å². The Hall–Kier alpha value is -2.64. The fourth-order valence-corrected chi connectivity index (χ4v) is 19.8. The first-order valence-corrected chi connectivity index (χ1v) is 27.3. The van der Waals surface area contributed by atoms with E-state index in [2.05, 4.69) is 42.7 Å². The minimum Gasteiger partial charge on any atom is -0.504 e. The van der Waals surface area contributed by atoms with Crippen LogP contribution in [0, 0.1) is 39.4 Å². The van der Waals surface area contributed by atoms with Gasteiger partial charge in [0.1, 0.15) is 29.0 Å². The topological polar surface area (TPSA) is 145 Å². The van der Waals surface area contributed by atoms with Crippen molar-refractivity contribution in [1.29, 1.82) is 0 Å². The maximum atomic E-state index is 13.6. The quantitative estimate of drug-likeness (QED) is 0.167. The zero-order valence-corrected chi connectivity index (χ0v) is 43.2. The molecule has 2 unspecified atom stereocenters. The molecule has 69 heavy (non-hydrogen) atoms. The standard InChI is InChI=1S/C58H80N2O9/c1-48(2,3)50(7,63)37-27-52-15-17-56(37,66-9)46-54(52)19-21-59(28-31-11-12-31)38(52)25-33-23-35(42(61)44(68-46)40(33)54)36-24-34-26-39-53-16-18-57(67-10,58(65,30-53)51(8,64)49(4,5)6)47-55(53,41(34)45(69-47)43(36)62)20-22-60(39)29-32-13-14-32/h23-24,31-32,37-39,46-47,61-65H,11-22,25-30H2,1-10H3/t37-,38-,39-,46-,47-,50+,51-,52-,53-,54+,55+,56?,57?,58+/m1/s1. The maximum Gasteiger partial charge on any atom is 0.166 e. The van der Waals surface area contributed by atoms with Gasteiger partial charge < -0.3 is 44.5 Å². The molecule has 10 fully saturated rings. The summed E-state index contributed by atoms with van der Waals surface area (Å²) in [6, 6.07) is 4.70. The van der Waals surface area contributed by atoms with Crippen LogP contribution in [0.5, 0.6) is 23.0 Å². The largest absolute Gasteiger partial charge is 0.504 e. The molecule has 0 aromatic heterocycles. The van der Waals surface area contributed by atoms with Crippen molar-refractivity contribution in [2.75, 3.05) is 40.4 Å². The number of phenolic OH excluding ortho intramolecular Hbond substituents is 2. The van der Waals surface area contributed by atoms with E-state index in [1.54, 1.807) is 14.0 Å². The fourth-order valence-electron chi connectivity index (χ4n) is 19.8. The molecule has 8 saturated carbocycles. The van der Waals surface area contributed by atoms with Crippen LogP contribution in [0.1, 0.15) is 155 Å². The number of methoxy groups -OCH3 is 2. The molecule has 0 radical (unpaired) electrons. The van der Waals surface area contributed by atoms with Crippen molar-refractivity contribution in [3.8, 4) is 34.1 Å². The molecule has 16 rings (SSSR count). The Balaban J connectivity index is 0.963. The predicted molar refractivity (Wildman–Crippen MR) is 261 cm³/mol. The second-order valence-corrected chi connectivity index (χ2v) is 28.1.